The lowest BCUT2D eigenvalue weighted by Crippen LogP contribution is -2.24. The van der Waals surface area contributed by atoms with E-state index in [1.54, 1.807) is 0 Å². The van der Waals surface area contributed by atoms with E-state index in [0.29, 0.717) is 13.0 Å². The summed E-state index contributed by atoms with van der Waals surface area (Å²) in [6.07, 6.45) is 7.23. The molecule has 0 heterocycles. The van der Waals surface area contributed by atoms with Gasteiger partial charge in [0.1, 0.15) is 0 Å². The zero-order chi connectivity index (χ0) is 14.3. The minimum absolute atomic E-state index is 0.000981. The van der Waals surface area contributed by atoms with E-state index in [0.717, 1.165) is 51.5 Å². The van der Waals surface area contributed by atoms with E-state index in [2.05, 4.69) is 10.6 Å². The first kappa shape index (κ1) is 17.9. The van der Waals surface area contributed by atoms with E-state index in [4.69, 9.17) is 5.11 Å². The number of amides is 2. The highest BCUT2D eigenvalue weighted by molar-refractivity contribution is 5.75. The van der Waals surface area contributed by atoms with Gasteiger partial charge in [-0.2, -0.15) is 0 Å². The maximum absolute atomic E-state index is 11.5. The van der Waals surface area contributed by atoms with E-state index in [1.807, 2.05) is 0 Å². The third-order valence-electron chi connectivity index (χ3n) is 2.86. The Hall–Kier alpha value is -1.10. The Morgan fingerprint density at radius 3 is 2.05 bits per heavy atom. The first-order valence-electron chi connectivity index (χ1n) is 7.29. The number of aliphatic hydroxyl groups is 1. The zero-order valence-corrected chi connectivity index (χ0v) is 12.0. The van der Waals surface area contributed by atoms with Crippen LogP contribution in [0.15, 0.2) is 0 Å². The van der Waals surface area contributed by atoms with Crippen molar-refractivity contribution in [2.45, 2.75) is 58.3 Å². The molecule has 0 atom stereocenters. The van der Waals surface area contributed by atoms with Crippen LogP contribution < -0.4 is 10.6 Å². The van der Waals surface area contributed by atoms with Crippen molar-refractivity contribution in [3.63, 3.8) is 0 Å². The smallest absolute Gasteiger partial charge is 0.219 e. The van der Waals surface area contributed by atoms with Gasteiger partial charge in [0, 0.05) is 33.0 Å². The Morgan fingerprint density at radius 1 is 0.842 bits per heavy atom. The lowest BCUT2D eigenvalue weighted by molar-refractivity contribution is -0.121. The summed E-state index contributed by atoms with van der Waals surface area (Å²) >= 11 is 0. The Labute approximate surface area is 116 Å². The van der Waals surface area contributed by atoms with Crippen molar-refractivity contribution in [2.24, 2.45) is 0 Å². The van der Waals surface area contributed by atoms with Gasteiger partial charge in [0.15, 0.2) is 0 Å². The van der Waals surface area contributed by atoms with Crippen molar-refractivity contribution in [1.29, 1.82) is 0 Å². The molecule has 0 aliphatic heterocycles. The molecule has 0 radical (unpaired) electrons. The van der Waals surface area contributed by atoms with Crippen LogP contribution in [-0.2, 0) is 9.59 Å². The van der Waals surface area contributed by atoms with E-state index >= 15 is 0 Å². The highest BCUT2D eigenvalue weighted by Gasteiger charge is 2.00. The first-order chi connectivity index (χ1) is 9.16. The minimum Gasteiger partial charge on any atom is -0.396 e. The lowest BCUT2D eigenvalue weighted by atomic mass is 10.1. The fourth-order valence-electron chi connectivity index (χ4n) is 1.76. The number of unbranched alkanes of at least 4 members (excludes halogenated alkanes) is 5. The fourth-order valence-corrected chi connectivity index (χ4v) is 1.76. The molecule has 0 aromatic heterocycles. The second kappa shape index (κ2) is 13.3. The largest absolute Gasteiger partial charge is 0.396 e. The van der Waals surface area contributed by atoms with Crippen molar-refractivity contribution in [3.05, 3.63) is 0 Å². The third-order valence-corrected chi connectivity index (χ3v) is 2.86. The predicted octanol–water partition coefficient (Wildman–Crippen LogP) is 1.35. The van der Waals surface area contributed by atoms with Gasteiger partial charge in [0.2, 0.25) is 11.8 Å². The summed E-state index contributed by atoms with van der Waals surface area (Å²) in [6.45, 7) is 3.19. The van der Waals surface area contributed by atoms with Crippen molar-refractivity contribution >= 4 is 11.8 Å². The summed E-state index contributed by atoms with van der Waals surface area (Å²) in [4.78, 5) is 22.1. The molecular weight excluding hydrogens is 244 g/mol. The maximum Gasteiger partial charge on any atom is 0.219 e. The average Bonchev–Trinajstić information content (AvgIpc) is 2.37. The van der Waals surface area contributed by atoms with E-state index in [9.17, 15) is 9.59 Å². The normalized spacial score (nSPS) is 10.2. The number of hydrogen-bond donors (Lipinski definition) is 3. The lowest BCUT2D eigenvalue weighted by Gasteiger charge is -2.05. The molecule has 19 heavy (non-hydrogen) atoms. The van der Waals surface area contributed by atoms with Crippen LogP contribution in [0.2, 0.25) is 0 Å². The second-order valence-electron chi connectivity index (χ2n) is 4.78. The molecule has 0 saturated heterocycles. The highest BCUT2D eigenvalue weighted by Crippen LogP contribution is 2.00. The number of carbonyl (C=O) groups is 2. The van der Waals surface area contributed by atoms with Crippen LogP contribution in [-0.4, -0.2) is 36.6 Å². The first-order valence-corrected chi connectivity index (χ1v) is 7.29. The van der Waals surface area contributed by atoms with Gasteiger partial charge >= 0.3 is 0 Å². The maximum atomic E-state index is 11.5. The van der Waals surface area contributed by atoms with Gasteiger partial charge in [0.25, 0.3) is 0 Å². The molecule has 0 fully saturated rings. The molecule has 0 saturated carbocycles. The molecule has 5 nitrogen and oxygen atoms in total. The monoisotopic (exact) mass is 272 g/mol. The quantitative estimate of drug-likeness (QED) is 0.469. The van der Waals surface area contributed by atoms with Gasteiger partial charge in [-0.25, -0.2) is 0 Å². The van der Waals surface area contributed by atoms with Crippen LogP contribution in [0.4, 0.5) is 0 Å². The van der Waals surface area contributed by atoms with Crippen molar-refractivity contribution in [2.75, 3.05) is 19.7 Å². The van der Waals surface area contributed by atoms with E-state index < -0.39 is 0 Å². The van der Waals surface area contributed by atoms with E-state index in [1.165, 1.54) is 6.92 Å². The topological polar surface area (TPSA) is 78.4 Å². The summed E-state index contributed by atoms with van der Waals surface area (Å²) in [6, 6.07) is 0. The zero-order valence-electron chi connectivity index (χ0n) is 12.0. The molecule has 112 valence electrons. The fraction of sp³-hybridized carbons (Fsp3) is 0.857. The summed E-state index contributed by atoms with van der Waals surface area (Å²) in [5, 5.41) is 14.2. The molecule has 0 aromatic carbocycles. The van der Waals surface area contributed by atoms with Crippen molar-refractivity contribution in [1.82, 2.24) is 10.6 Å². The molecule has 0 rings (SSSR count). The summed E-state index contributed by atoms with van der Waals surface area (Å²) in [5.41, 5.74) is 0. The van der Waals surface area contributed by atoms with E-state index in [-0.39, 0.29) is 18.4 Å². The number of nitrogens with one attached hydrogen (secondary N) is 2. The van der Waals surface area contributed by atoms with Crippen molar-refractivity contribution < 1.29 is 14.7 Å². The van der Waals surface area contributed by atoms with Gasteiger partial charge in [-0.05, 0) is 25.7 Å². The van der Waals surface area contributed by atoms with Crippen LogP contribution in [0.5, 0.6) is 0 Å². The summed E-state index contributed by atoms with van der Waals surface area (Å²) in [5.74, 6) is 0.112. The molecule has 0 aliphatic rings. The molecule has 0 aliphatic carbocycles. The van der Waals surface area contributed by atoms with Gasteiger partial charge in [-0.1, -0.05) is 19.3 Å². The van der Waals surface area contributed by atoms with Gasteiger partial charge in [-0.15, -0.1) is 0 Å². The molecule has 0 spiro atoms. The Balaban J connectivity index is 3.19. The van der Waals surface area contributed by atoms with Crippen molar-refractivity contribution in [3.8, 4) is 0 Å². The molecule has 3 N–H and O–H groups in total. The molecule has 0 aromatic rings. The Bertz CT molecular complexity index is 245. The predicted molar refractivity (Wildman–Crippen MR) is 75.7 cm³/mol. The van der Waals surface area contributed by atoms with Crippen LogP contribution in [0, 0.1) is 0 Å². The average molecular weight is 272 g/mol. The highest BCUT2D eigenvalue weighted by atomic mass is 16.2. The standard InChI is InChI=1S/C14H28N2O3/c1-13(18)15-10-7-4-5-9-14(19)16-11-6-2-3-8-12-17/h17H,2-12H2,1H3,(H,15,18)(H,16,19). The van der Waals surface area contributed by atoms with Crippen LogP contribution in [0.25, 0.3) is 0 Å². The van der Waals surface area contributed by atoms with Crippen LogP contribution >= 0.6 is 0 Å². The Morgan fingerprint density at radius 2 is 1.42 bits per heavy atom. The summed E-state index contributed by atoms with van der Waals surface area (Å²) in [7, 11) is 0. The summed E-state index contributed by atoms with van der Waals surface area (Å²) < 4.78 is 0. The molecule has 0 unspecified atom stereocenters. The SMILES string of the molecule is CC(=O)NCCCCCC(=O)NCCCCCCO. The van der Waals surface area contributed by atoms with Gasteiger partial charge in [0.05, 0.1) is 0 Å². The Kier molecular flexibility index (Phi) is 12.6. The molecule has 2 amide bonds. The number of carbonyl (C=O) groups excluding carboxylic acids is 2. The third kappa shape index (κ3) is 14.8. The number of aliphatic hydroxyl groups excluding tert-OH is 1. The minimum atomic E-state index is -0.000981. The number of hydrogen-bond acceptors (Lipinski definition) is 3. The van der Waals surface area contributed by atoms with Crippen LogP contribution in [0.3, 0.4) is 0 Å². The molecule has 5 heteroatoms. The number of rotatable bonds is 12. The van der Waals surface area contributed by atoms with Gasteiger partial charge < -0.3 is 15.7 Å². The molecule has 0 bridgehead atoms. The second-order valence-corrected chi connectivity index (χ2v) is 4.78. The van der Waals surface area contributed by atoms with Crippen LogP contribution in [0.1, 0.15) is 58.3 Å². The molecular formula is C14H28N2O3. The van der Waals surface area contributed by atoms with Gasteiger partial charge in [-0.3, -0.25) is 9.59 Å².